The number of pyridine rings is 1. The number of nitrogens with zero attached hydrogens (tertiary/aromatic N) is 2. The van der Waals surface area contributed by atoms with Crippen LogP contribution in [0.5, 0.6) is 0 Å². The Morgan fingerprint density at radius 1 is 1.11 bits per heavy atom. The fourth-order valence-corrected chi connectivity index (χ4v) is 4.98. The number of benzene rings is 2. The number of anilines is 1. The number of nitrogens with one attached hydrogen (secondary N) is 1. The number of esters is 1. The van der Waals surface area contributed by atoms with Crippen molar-refractivity contribution in [1.29, 1.82) is 0 Å². The van der Waals surface area contributed by atoms with Crippen molar-refractivity contribution in [3.8, 4) is 0 Å². The second-order valence-corrected chi connectivity index (χ2v) is 9.31. The largest absolute Gasteiger partial charge is 0.449 e. The highest BCUT2D eigenvalue weighted by Crippen LogP contribution is 2.38. The van der Waals surface area contributed by atoms with E-state index in [1.54, 1.807) is 17.4 Å². The Balaban J connectivity index is 1.45. The van der Waals surface area contributed by atoms with E-state index < -0.39 is 22.9 Å². The van der Waals surface area contributed by atoms with Gasteiger partial charge < -0.3 is 10.1 Å². The van der Waals surface area contributed by atoms with Crippen LogP contribution in [0.1, 0.15) is 39.8 Å². The molecule has 1 unspecified atom stereocenters. The zero-order valence-electron chi connectivity index (χ0n) is 19.3. The van der Waals surface area contributed by atoms with Crippen molar-refractivity contribution in [2.75, 3.05) is 5.32 Å². The molecule has 0 saturated carbocycles. The quantitative estimate of drug-likeness (QED) is 0.202. The van der Waals surface area contributed by atoms with Gasteiger partial charge in [-0.25, -0.2) is 9.78 Å². The molecular formula is C27H21N3O5S. The van der Waals surface area contributed by atoms with Gasteiger partial charge in [-0.2, -0.15) is 0 Å². The normalized spacial score (nSPS) is 14.4. The lowest BCUT2D eigenvalue weighted by Crippen LogP contribution is -2.30. The van der Waals surface area contributed by atoms with Crippen molar-refractivity contribution in [2.45, 2.75) is 25.9 Å². The van der Waals surface area contributed by atoms with E-state index in [9.17, 15) is 19.7 Å². The van der Waals surface area contributed by atoms with Gasteiger partial charge in [-0.15, -0.1) is 11.3 Å². The molecule has 1 N–H and O–H groups in total. The number of carbonyl (C=O) groups is 2. The molecule has 0 spiro atoms. The van der Waals surface area contributed by atoms with Gasteiger partial charge in [0.25, 0.3) is 11.6 Å². The van der Waals surface area contributed by atoms with E-state index >= 15 is 0 Å². The first kappa shape index (κ1) is 23.4. The molecule has 0 aliphatic heterocycles. The highest BCUT2D eigenvalue weighted by atomic mass is 32.1. The predicted octanol–water partition coefficient (Wildman–Crippen LogP) is 5.88. The molecule has 4 aromatic rings. The van der Waals surface area contributed by atoms with Crippen LogP contribution in [-0.2, 0) is 16.0 Å². The van der Waals surface area contributed by atoms with Gasteiger partial charge in [0.15, 0.2) is 6.10 Å². The Kier molecular flexibility index (Phi) is 6.30. The van der Waals surface area contributed by atoms with Crippen LogP contribution in [-0.4, -0.2) is 27.9 Å². The number of ether oxygens (including phenoxy) is 1. The second-order valence-electron chi connectivity index (χ2n) is 8.33. The summed E-state index contributed by atoms with van der Waals surface area (Å²) in [6.45, 7) is 1.44. The van der Waals surface area contributed by atoms with Crippen LogP contribution < -0.4 is 5.32 Å². The van der Waals surface area contributed by atoms with E-state index in [0.29, 0.717) is 22.9 Å². The Bertz CT molecular complexity index is 1530. The number of carbonyl (C=O) groups excluding carboxylic acids is 2. The fraction of sp³-hybridized carbons (Fsp3) is 0.148. The van der Waals surface area contributed by atoms with Crippen molar-refractivity contribution >= 4 is 57.1 Å². The fourth-order valence-electron chi connectivity index (χ4n) is 4.30. The van der Waals surface area contributed by atoms with Crippen molar-refractivity contribution in [3.63, 3.8) is 0 Å². The summed E-state index contributed by atoms with van der Waals surface area (Å²) >= 11 is 1.63. The molecule has 2 aromatic carbocycles. The molecule has 0 radical (unpaired) electrons. The topological polar surface area (TPSA) is 111 Å². The Morgan fingerprint density at radius 2 is 1.89 bits per heavy atom. The number of amides is 1. The molecule has 8 nitrogen and oxygen atoms in total. The van der Waals surface area contributed by atoms with E-state index in [4.69, 9.17) is 9.72 Å². The van der Waals surface area contributed by atoms with Crippen LogP contribution in [0.15, 0.2) is 66.0 Å². The van der Waals surface area contributed by atoms with Crippen LogP contribution in [0.2, 0.25) is 0 Å². The lowest BCUT2D eigenvalue weighted by Gasteiger charge is -2.16. The van der Waals surface area contributed by atoms with Gasteiger partial charge in [-0.05, 0) is 60.6 Å². The first-order chi connectivity index (χ1) is 17.4. The number of allylic oxidation sites excluding steroid dienone is 1. The molecule has 1 aliphatic rings. The summed E-state index contributed by atoms with van der Waals surface area (Å²) in [7, 11) is 0. The van der Waals surface area contributed by atoms with E-state index in [2.05, 4.69) is 11.4 Å². The third-order valence-electron chi connectivity index (χ3n) is 6.02. The van der Waals surface area contributed by atoms with Gasteiger partial charge in [-0.1, -0.05) is 36.4 Å². The van der Waals surface area contributed by atoms with Crippen LogP contribution in [0, 0.1) is 10.1 Å². The smallest absolute Gasteiger partial charge is 0.339 e. The molecule has 5 rings (SSSR count). The summed E-state index contributed by atoms with van der Waals surface area (Å²) in [4.78, 5) is 42.8. The number of nitro benzene ring substituents is 1. The molecule has 1 atom stereocenters. The zero-order valence-corrected chi connectivity index (χ0v) is 20.1. The van der Waals surface area contributed by atoms with Crippen molar-refractivity contribution < 1.29 is 19.2 Å². The van der Waals surface area contributed by atoms with Gasteiger partial charge in [0.1, 0.15) is 5.69 Å². The van der Waals surface area contributed by atoms with Gasteiger partial charge in [-0.3, -0.25) is 14.9 Å². The zero-order chi connectivity index (χ0) is 25.2. The minimum absolute atomic E-state index is 0.0361. The third kappa shape index (κ3) is 4.48. The second kappa shape index (κ2) is 9.71. The van der Waals surface area contributed by atoms with Crippen LogP contribution in [0.25, 0.3) is 22.6 Å². The molecule has 2 aromatic heterocycles. The van der Waals surface area contributed by atoms with E-state index in [1.165, 1.54) is 25.1 Å². The summed E-state index contributed by atoms with van der Waals surface area (Å²) < 4.78 is 5.58. The predicted molar refractivity (Wildman–Crippen MR) is 139 cm³/mol. The Morgan fingerprint density at radius 3 is 2.67 bits per heavy atom. The Labute approximate surface area is 210 Å². The Hall–Kier alpha value is -4.37. The average molecular weight is 500 g/mol. The molecule has 36 heavy (non-hydrogen) atoms. The monoisotopic (exact) mass is 499 g/mol. The van der Waals surface area contributed by atoms with Crippen LogP contribution in [0.3, 0.4) is 0 Å². The molecular weight excluding hydrogens is 478 g/mol. The highest BCUT2D eigenvalue weighted by molar-refractivity contribution is 7.10. The van der Waals surface area contributed by atoms with Crippen molar-refractivity contribution in [2.24, 2.45) is 0 Å². The van der Waals surface area contributed by atoms with Gasteiger partial charge >= 0.3 is 5.97 Å². The maximum atomic E-state index is 13.4. The third-order valence-corrected chi connectivity index (χ3v) is 6.84. The lowest BCUT2D eigenvalue weighted by molar-refractivity contribution is -0.383. The number of hydrogen-bond donors (Lipinski definition) is 1. The average Bonchev–Trinajstić information content (AvgIpc) is 3.53. The van der Waals surface area contributed by atoms with Crippen LogP contribution >= 0.6 is 11.3 Å². The minimum atomic E-state index is -1.18. The maximum absolute atomic E-state index is 13.4. The number of hydrogen-bond acceptors (Lipinski definition) is 7. The van der Waals surface area contributed by atoms with Crippen molar-refractivity contribution in [3.05, 3.63) is 97.9 Å². The number of rotatable bonds is 6. The van der Waals surface area contributed by atoms with E-state index in [-0.39, 0.29) is 11.4 Å². The molecule has 1 aliphatic carbocycles. The highest BCUT2D eigenvalue weighted by Gasteiger charge is 2.30. The van der Waals surface area contributed by atoms with Gasteiger partial charge in [0, 0.05) is 16.3 Å². The summed E-state index contributed by atoms with van der Waals surface area (Å²) in [6.07, 6.45) is 2.29. The summed E-state index contributed by atoms with van der Waals surface area (Å²) in [5.41, 5.74) is 3.48. The number of para-hydroxylation sites is 3. The molecule has 2 heterocycles. The molecule has 9 heteroatoms. The van der Waals surface area contributed by atoms with Gasteiger partial charge in [0.05, 0.1) is 21.7 Å². The SMILES string of the molecule is CC(OC(=O)c1c2c(nc3ccccc13)/C(=C/c1cccs1)CC2)C(=O)Nc1ccccc1[N+](=O)[O-]. The molecule has 180 valence electrons. The maximum Gasteiger partial charge on any atom is 0.339 e. The summed E-state index contributed by atoms with van der Waals surface area (Å²) in [6, 6.07) is 17.2. The summed E-state index contributed by atoms with van der Waals surface area (Å²) in [5, 5.41) is 16.4. The molecule has 0 fully saturated rings. The van der Waals surface area contributed by atoms with E-state index in [1.807, 2.05) is 41.8 Å². The van der Waals surface area contributed by atoms with Gasteiger partial charge in [0.2, 0.25) is 0 Å². The summed E-state index contributed by atoms with van der Waals surface area (Å²) in [5.74, 6) is -1.29. The molecule has 0 bridgehead atoms. The van der Waals surface area contributed by atoms with Crippen LogP contribution in [0.4, 0.5) is 11.4 Å². The van der Waals surface area contributed by atoms with E-state index in [0.717, 1.165) is 28.1 Å². The standard InChI is InChI=1S/C27H21N3O5S/c1-16(26(31)29-22-10-4-5-11-23(22)30(33)34)35-27(32)24-19-8-2-3-9-21(19)28-25-17(12-13-20(24)25)15-18-7-6-14-36-18/h2-11,14-16H,12-13H2,1H3,(H,29,31)/b17-15+. The number of nitro groups is 1. The minimum Gasteiger partial charge on any atom is -0.449 e. The first-order valence-corrected chi connectivity index (χ1v) is 12.2. The number of aromatic nitrogens is 1. The number of fused-ring (bicyclic) bond motifs is 2. The molecule has 0 saturated heterocycles. The first-order valence-electron chi connectivity index (χ1n) is 11.3. The number of thiophene rings is 1. The molecule has 1 amide bonds. The van der Waals surface area contributed by atoms with Crippen molar-refractivity contribution in [1.82, 2.24) is 4.98 Å². The lowest BCUT2D eigenvalue weighted by atomic mass is 10.0.